The minimum absolute atomic E-state index is 0.105. The molecule has 94 valence electrons. The Bertz CT molecular complexity index is 447. The van der Waals surface area contributed by atoms with Crippen LogP contribution in [-0.2, 0) is 9.47 Å². The van der Waals surface area contributed by atoms with E-state index in [4.69, 9.17) is 15.9 Å². The maximum Gasteiger partial charge on any atom is 0.509 e. The van der Waals surface area contributed by atoms with E-state index in [9.17, 15) is 4.79 Å². The van der Waals surface area contributed by atoms with Crippen LogP contribution in [0.3, 0.4) is 0 Å². The fourth-order valence-corrected chi connectivity index (χ4v) is 2.22. The first-order valence-electron chi connectivity index (χ1n) is 6.14. The Hall–Kier alpha value is -1.95. The number of terminal acetylenes is 1. The Morgan fingerprint density at radius 2 is 2.06 bits per heavy atom. The first kappa shape index (κ1) is 12.5. The molecule has 1 aliphatic rings. The summed E-state index contributed by atoms with van der Waals surface area (Å²) < 4.78 is 10.5. The van der Waals surface area contributed by atoms with Crippen LogP contribution in [0.15, 0.2) is 30.3 Å². The molecule has 1 aliphatic heterocycles. The van der Waals surface area contributed by atoms with Gasteiger partial charge in [-0.15, -0.1) is 6.42 Å². The fourth-order valence-electron chi connectivity index (χ4n) is 2.22. The lowest BCUT2D eigenvalue weighted by Crippen LogP contribution is -2.24. The van der Waals surface area contributed by atoms with E-state index in [-0.39, 0.29) is 12.0 Å². The Morgan fingerprint density at radius 3 is 2.67 bits per heavy atom. The van der Waals surface area contributed by atoms with Crippen LogP contribution < -0.4 is 0 Å². The molecule has 0 aliphatic carbocycles. The third-order valence-corrected chi connectivity index (χ3v) is 3.09. The third kappa shape index (κ3) is 2.48. The summed E-state index contributed by atoms with van der Waals surface area (Å²) in [5, 5.41) is 0. The Labute approximate surface area is 107 Å². The van der Waals surface area contributed by atoms with Crippen molar-refractivity contribution in [3.63, 3.8) is 0 Å². The van der Waals surface area contributed by atoms with Gasteiger partial charge in [-0.25, -0.2) is 4.79 Å². The molecule has 1 saturated heterocycles. The SMILES string of the molecule is C#C[C@@H](CCC)[C@H]1OC(=O)O[C@@H]1c1ccccc1. The summed E-state index contributed by atoms with van der Waals surface area (Å²) in [4.78, 5) is 11.3. The Balaban J connectivity index is 2.23. The lowest BCUT2D eigenvalue weighted by Gasteiger charge is -2.20. The molecule has 3 atom stereocenters. The van der Waals surface area contributed by atoms with Crippen LogP contribution in [0, 0.1) is 18.3 Å². The predicted molar refractivity (Wildman–Crippen MR) is 67.8 cm³/mol. The highest BCUT2D eigenvalue weighted by atomic mass is 16.8. The number of carbonyl (C=O) groups is 1. The largest absolute Gasteiger partial charge is 0.509 e. The van der Waals surface area contributed by atoms with Crippen molar-refractivity contribution in [3.8, 4) is 12.3 Å². The minimum atomic E-state index is -0.634. The van der Waals surface area contributed by atoms with E-state index in [0.717, 1.165) is 18.4 Å². The minimum Gasteiger partial charge on any atom is -0.425 e. The predicted octanol–water partition coefficient (Wildman–Crippen LogP) is 3.31. The molecule has 18 heavy (non-hydrogen) atoms. The molecule has 0 saturated carbocycles. The number of hydrogen-bond donors (Lipinski definition) is 0. The molecule has 1 fully saturated rings. The molecular formula is C15H16O3. The highest BCUT2D eigenvalue weighted by Crippen LogP contribution is 2.35. The second kappa shape index (κ2) is 5.59. The first-order valence-corrected chi connectivity index (χ1v) is 6.14. The van der Waals surface area contributed by atoms with E-state index < -0.39 is 12.3 Å². The maximum atomic E-state index is 11.3. The van der Waals surface area contributed by atoms with Crippen molar-refractivity contribution in [1.29, 1.82) is 0 Å². The molecule has 0 N–H and O–H groups in total. The quantitative estimate of drug-likeness (QED) is 0.602. The van der Waals surface area contributed by atoms with Gasteiger partial charge in [-0.2, -0.15) is 0 Å². The molecule has 0 bridgehead atoms. The van der Waals surface area contributed by atoms with E-state index in [1.807, 2.05) is 30.3 Å². The molecule has 0 radical (unpaired) electrons. The number of benzene rings is 1. The highest BCUT2D eigenvalue weighted by molar-refractivity contribution is 5.63. The molecule has 0 amide bonds. The van der Waals surface area contributed by atoms with Crippen molar-refractivity contribution in [2.45, 2.75) is 32.0 Å². The summed E-state index contributed by atoms with van der Waals surface area (Å²) in [5.74, 6) is 2.60. The molecule has 3 heteroatoms. The van der Waals surface area contributed by atoms with Gasteiger partial charge in [0.2, 0.25) is 0 Å². The summed E-state index contributed by atoms with van der Waals surface area (Å²) in [6.45, 7) is 2.06. The van der Waals surface area contributed by atoms with Crippen molar-refractivity contribution in [1.82, 2.24) is 0 Å². The van der Waals surface area contributed by atoms with E-state index in [2.05, 4.69) is 12.8 Å². The van der Waals surface area contributed by atoms with Gasteiger partial charge in [0.05, 0.1) is 5.92 Å². The molecule has 0 unspecified atom stereocenters. The van der Waals surface area contributed by atoms with Gasteiger partial charge in [0.1, 0.15) is 0 Å². The molecular weight excluding hydrogens is 228 g/mol. The average molecular weight is 244 g/mol. The molecule has 1 heterocycles. The van der Waals surface area contributed by atoms with Crippen molar-refractivity contribution in [2.24, 2.45) is 5.92 Å². The maximum absolute atomic E-state index is 11.3. The summed E-state index contributed by atoms with van der Waals surface area (Å²) in [7, 11) is 0. The number of ether oxygens (including phenoxy) is 2. The van der Waals surface area contributed by atoms with Crippen molar-refractivity contribution < 1.29 is 14.3 Å². The summed E-state index contributed by atoms with van der Waals surface area (Å²) in [6.07, 6.45) is 5.88. The smallest absolute Gasteiger partial charge is 0.425 e. The monoisotopic (exact) mass is 244 g/mol. The van der Waals surface area contributed by atoms with Gasteiger partial charge in [-0.3, -0.25) is 0 Å². The van der Waals surface area contributed by atoms with Crippen LogP contribution in [0.1, 0.15) is 31.4 Å². The van der Waals surface area contributed by atoms with Crippen LogP contribution in [0.5, 0.6) is 0 Å². The standard InChI is InChI=1S/C15H16O3/c1-3-8-11(4-2)13-14(18-15(16)17-13)12-9-6-5-7-10-12/h2,5-7,9-11,13-14H,3,8H2,1H3/t11-,13+,14+/m0/s1. The first-order chi connectivity index (χ1) is 8.76. The van der Waals surface area contributed by atoms with E-state index >= 15 is 0 Å². The average Bonchev–Trinajstić information content (AvgIpc) is 2.79. The second-order valence-corrected chi connectivity index (χ2v) is 4.34. The van der Waals surface area contributed by atoms with E-state index in [0.29, 0.717) is 0 Å². The number of rotatable bonds is 4. The fraction of sp³-hybridized carbons (Fsp3) is 0.400. The van der Waals surface area contributed by atoms with Crippen LogP contribution in [0.2, 0.25) is 0 Å². The van der Waals surface area contributed by atoms with Crippen molar-refractivity contribution in [3.05, 3.63) is 35.9 Å². The van der Waals surface area contributed by atoms with Gasteiger partial charge >= 0.3 is 6.16 Å². The molecule has 0 aromatic heterocycles. The van der Waals surface area contributed by atoms with Crippen molar-refractivity contribution >= 4 is 6.16 Å². The van der Waals surface area contributed by atoms with Gasteiger partial charge in [-0.05, 0) is 12.0 Å². The van der Waals surface area contributed by atoms with Gasteiger partial charge in [0, 0.05) is 0 Å². The second-order valence-electron chi connectivity index (χ2n) is 4.34. The number of carbonyl (C=O) groups excluding carboxylic acids is 1. The van der Waals surface area contributed by atoms with Crippen molar-refractivity contribution in [2.75, 3.05) is 0 Å². The normalized spacial score (nSPS) is 23.9. The lowest BCUT2D eigenvalue weighted by molar-refractivity contribution is 0.105. The van der Waals surface area contributed by atoms with Crippen LogP contribution in [0.25, 0.3) is 0 Å². The van der Waals surface area contributed by atoms with Gasteiger partial charge in [-0.1, -0.05) is 49.6 Å². The summed E-state index contributed by atoms with van der Waals surface area (Å²) in [6, 6.07) is 9.56. The number of hydrogen-bond acceptors (Lipinski definition) is 3. The Morgan fingerprint density at radius 1 is 1.33 bits per heavy atom. The third-order valence-electron chi connectivity index (χ3n) is 3.09. The van der Waals surface area contributed by atoms with Crippen LogP contribution >= 0.6 is 0 Å². The molecule has 2 rings (SSSR count). The van der Waals surface area contributed by atoms with Gasteiger partial charge in [0.25, 0.3) is 0 Å². The van der Waals surface area contributed by atoms with Gasteiger partial charge < -0.3 is 9.47 Å². The molecule has 0 spiro atoms. The van der Waals surface area contributed by atoms with E-state index in [1.54, 1.807) is 0 Å². The lowest BCUT2D eigenvalue weighted by atomic mass is 9.91. The van der Waals surface area contributed by atoms with Crippen LogP contribution in [0.4, 0.5) is 4.79 Å². The van der Waals surface area contributed by atoms with Crippen LogP contribution in [-0.4, -0.2) is 12.3 Å². The molecule has 1 aromatic carbocycles. The van der Waals surface area contributed by atoms with Gasteiger partial charge in [0.15, 0.2) is 12.2 Å². The summed E-state index contributed by atoms with van der Waals surface area (Å²) in [5.41, 5.74) is 0.921. The topological polar surface area (TPSA) is 35.5 Å². The number of cyclic esters (lactones) is 2. The zero-order chi connectivity index (χ0) is 13.0. The zero-order valence-electron chi connectivity index (χ0n) is 10.3. The van der Waals surface area contributed by atoms with E-state index in [1.165, 1.54) is 0 Å². The molecule has 1 aromatic rings. The zero-order valence-corrected chi connectivity index (χ0v) is 10.3. The summed E-state index contributed by atoms with van der Waals surface area (Å²) >= 11 is 0. The highest BCUT2D eigenvalue weighted by Gasteiger charge is 2.41. The Kier molecular flexibility index (Phi) is 3.88. The molecule has 3 nitrogen and oxygen atoms in total.